The molecule has 0 fully saturated rings. The minimum atomic E-state index is -0.827. The van der Waals surface area contributed by atoms with Crippen molar-refractivity contribution in [2.24, 2.45) is 0 Å². The van der Waals surface area contributed by atoms with Gasteiger partial charge in [-0.05, 0) is 23.8 Å². The Labute approximate surface area is 124 Å². The molecule has 6 heteroatoms. The second-order valence-electron chi connectivity index (χ2n) is 4.09. The third-order valence-electron chi connectivity index (χ3n) is 2.86. The molecule has 1 atom stereocenters. The molecule has 1 N–H and O–H groups in total. The minimum absolute atomic E-state index is 0.493. The van der Waals surface area contributed by atoms with Crippen molar-refractivity contribution < 1.29 is 14.6 Å². The van der Waals surface area contributed by atoms with Crippen LogP contribution in [0.2, 0.25) is 8.67 Å². The Morgan fingerprint density at radius 2 is 1.84 bits per heavy atom. The van der Waals surface area contributed by atoms with E-state index < -0.39 is 6.10 Å². The van der Waals surface area contributed by atoms with Crippen LogP contribution >= 0.6 is 34.5 Å². The van der Waals surface area contributed by atoms with Gasteiger partial charge in [-0.15, -0.1) is 11.3 Å². The number of aliphatic hydroxyl groups is 1. The molecule has 0 amide bonds. The topological polar surface area (TPSA) is 38.7 Å². The van der Waals surface area contributed by atoms with Gasteiger partial charge < -0.3 is 14.6 Å². The summed E-state index contributed by atoms with van der Waals surface area (Å²) in [5.41, 5.74) is 1.30. The lowest BCUT2D eigenvalue weighted by Crippen LogP contribution is -2.15. The van der Waals surface area contributed by atoms with Crippen molar-refractivity contribution in [1.29, 1.82) is 0 Å². The molecule has 0 aliphatic carbocycles. The SMILES string of the molecule is OC(c1ccc2c(c1)OCCO2)c1cc(Cl)sc1Cl. The van der Waals surface area contributed by atoms with Gasteiger partial charge in [0.25, 0.3) is 0 Å². The van der Waals surface area contributed by atoms with Crippen LogP contribution in [0.4, 0.5) is 0 Å². The molecule has 0 saturated heterocycles. The van der Waals surface area contributed by atoms with Crippen molar-refractivity contribution in [2.45, 2.75) is 6.10 Å². The maximum Gasteiger partial charge on any atom is 0.161 e. The van der Waals surface area contributed by atoms with E-state index in [1.807, 2.05) is 0 Å². The lowest BCUT2D eigenvalue weighted by molar-refractivity contribution is 0.169. The highest BCUT2D eigenvalue weighted by molar-refractivity contribution is 7.20. The quantitative estimate of drug-likeness (QED) is 0.913. The summed E-state index contributed by atoms with van der Waals surface area (Å²) in [5, 5.41) is 10.4. The molecule has 1 aliphatic rings. The van der Waals surface area contributed by atoms with E-state index in [4.69, 9.17) is 32.7 Å². The first-order valence-electron chi connectivity index (χ1n) is 5.67. The second-order valence-corrected chi connectivity index (χ2v) is 6.37. The van der Waals surface area contributed by atoms with Crippen LogP contribution in [0.3, 0.4) is 0 Å². The molecule has 2 heterocycles. The maximum absolute atomic E-state index is 10.4. The Bertz CT molecular complexity index is 612. The molecule has 3 rings (SSSR count). The van der Waals surface area contributed by atoms with Crippen LogP contribution in [-0.2, 0) is 0 Å². The van der Waals surface area contributed by atoms with E-state index >= 15 is 0 Å². The maximum atomic E-state index is 10.4. The Kier molecular flexibility index (Phi) is 3.58. The average molecular weight is 317 g/mol. The van der Waals surface area contributed by atoms with Crippen molar-refractivity contribution in [1.82, 2.24) is 0 Å². The lowest BCUT2D eigenvalue weighted by Gasteiger charge is -2.20. The minimum Gasteiger partial charge on any atom is -0.486 e. The number of thiophene rings is 1. The van der Waals surface area contributed by atoms with E-state index in [9.17, 15) is 5.11 Å². The van der Waals surface area contributed by atoms with Crippen LogP contribution in [0.25, 0.3) is 0 Å². The van der Waals surface area contributed by atoms with Crippen molar-refractivity contribution in [3.8, 4) is 11.5 Å². The monoisotopic (exact) mass is 316 g/mol. The summed E-state index contributed by atoms with van der Waals surface area (Å²) in [4.78, 5) is 0. The molecule has 1 aromatic heterocycles. The van der Waals surface area contributed by atoms with Gasteiger partial charge in [-0.1, -0.05) is 29.3 Å². The Morgan fingerprint density at radius 3 is 2.53 bits per heavy atom. The van der Waals surface area contributed by atoms with Gasteiger partial charge in [-0.25, -0.2) is 0 Å². The van der Waals surface area contributed by atoms with E-state index in [1.165, 1.54) is 11.3 Å². The number of halogens is 2. The Morgan fingerprint density at radius 1 is 1.11 bits per heavy atom. The third-order valence-corrected chi connectivity index (χ3v) is 4.38. The fourth-order valence-corrected chi connectivity index (χ4v) is 3.47. The predicted molar refractivity (Wildman–Crippen MR) is 75.8 cm³/mol. The zero-order chi connectivity index (χ0) is 13.4. The smallest absolute Gasteiger partial charge is 0.161 e. The summed E-state index contributed by atoms with van der Waals surface area (Å²) < 4.78 is 12.0. The molecule has 0 spiro atoms. The number of benzene rings is 1. The fraction of sp³-hybridized carbons (Fsp3) is 0.231. The summed E-state index contributed by atoms with van der Waals surface area (Å²) in [6.45, 7) is 1.05. The number of fused-ring (bicyclic) bond motifs is 1. The van der Waals surface area contributed by atoms with Crippen LogP contribution in [0.1, 0.15) is 17.2 Å². The number of aliphatic hydroxyl groups excluding tert-OH is 1. The Balaban J connectivity index is 1.95. The molecule has 3 nitrogen and oxygen atoms in total. The molecule has 19 heavy (non-hydrogen) atoms. The molecule has 0 radical (unpaired) electrons. The molecule has 1 aromatic carbocycles. The first-order chi connectivity index (χ1) is 9.15. The third kappa shape index (κ3) is 2.54. The summed E-state index contributed by atoms with van der Waals surface area (Å²) in [5.74, 6) is 1.33. The highest BCUT2D eigenvalue weighted by atomic mass is 35.5. The van der Waals surface area contributed by atoms with Crippen LogP contribution in [0, 0.1) is 0 Å². The first-order valence-corrected chi connectivity index (χ1v) is 7.25. The van der Waals surface area contributed by atoms with E-state index in [2.05, 4.69) is 0 Å². The Hall–Kier alpha value is -0.940. The average Bonchev–Trinajstić information content (AvgIpc) is 2.76. The molecule has 0 saturated carbocycles. The van der Waals surface area contributed by atoms with Crippen molar-refractivity contribution in [2.75, 3.05) is 13.2 Å². The van der Waals surface area contributed by atoms with Crippen LogP contribution < -0.4 is 9.47 Å². The number of hydrogen-bond acceptors (Lipinski definition) is 4. The van der Waals surface area contributed by atoms with Gasteiger partial charge >= 0.3 is 0 Å². The van der Waals surface area contributed by atoms with Crippen LogP contribution in [-0.4, -0.2) is 18.3 Å². The molecule has 0 bridgehead atoms. The zero-order valence-electron chi connectivity index (χ0n) is 9.73. The zero-order valence-corrected chi connectivity index (χ0v) is 12.1. The van der Waals surface area contributed by atoms with E-state index in [0.29, 0.717) is 44.5 Å². The predicted octanol–water partition coefficient (Wildman–Crippen LogP) is 3.91. The number of hydrogen-bond donors (Lipinski definition) is 1. The van der Waals surface area contributed by atoms with Gasteiger partial charge in [-0.2, -0.15) is 0 Å². The van der Waals surface area contributed by atoms with Gasteiger partial charge in [0, 0.05) is 5.56 Å². The van der Waals surface area contributed by atoms with Crippen LogP contribution in [0.5, 0.6) is 11.5 Å². The summed E-state index contributed by atoms with van der Waals surface area (Å²) in [6, 6.07) is 7.02. The van der Waals surface area contributed by atoms with Gasteiger partial charge in [0.15, 0.2) is 11.5 Å². The standard InChI is InChI=1S/C13H10Cl2O3S/c14-11-6-8(13(15)19-11)12(16)7-1-2-9-10(5-7)18-4-3-17-9/h1-2,5-6,12,16H,3-4H2. The largest absolute Gasteiger partial charge is 0.486 e. The van der Waals surface area contributed by atoms with Crippen molar-refractivity contribution in [3.63, 3.8) is 0 Å². The molecule has 100 valence electrons. The number of ether oxygens (including phenoxy) is 2. The molecular formula is C13H10Cl2O3S. The normalized spacial score (nSPS) is 15.3. The lowest BCUT2D eigenvalue weighted by atomic mass is 10.0. The fourth-order valence-electron chi connectivity index (χ4n) is 1.95. The first kappa shape index (κ1) is 13.1. The summed E-state index contributed by atoms with van der Waals surface area (Å²) in [6.07, 6.45) is -0.827. The van der Waals surface area contributed by atoms with E-state index in [1.54, 1.807) is 24.3 Å². The highest BCUT2D eigenvalue weighted by Gasteiger charge is 2.20. The summed E-state index contributed by atoms with van der Waals surface area (Å²) in [7, 11) is 0. The molecular weight excluding hydrogens is 307 g/mol. The van der Waals surface area contributed by atoms with Gasteiger partial charge in [0.1, 0.15) is 23.7 Å². The molecule has 2 aromatic rings. The van der Waals surface area contributed by atoms with E-state index in [-0.39, 0.29) is 0 Å². The molecule has 1 aliphatic heterocycles. The van der Waals surface area contributed by atoms with Crippen molar-refractivity contribution in [3.05, 3.63) is 44.1 Å². The van der Waals surface area contributed by atoms with Gasteiger partial charge in [0.2, 0.25) is 0 Å². The number of rotatable bonds is 2. The highest BCUT2D eigenvalue weighted by Crippen LogP contribution is 2.39. The molecule has 1 unspecified atom stereocenters. The van der Waals surface area contributed by atoms with Crippen LogP contribution in [0.15, 0.2) is 24.3 Å². The van der Waals surface area contributed by atoms with Crippen molar-refractivity contribution >= 4 is 34.5 Å². The summed E-state index contributed by atoms with van der Waals surface area (Å²) >= 11 is 13.2. The van der Waals surface area contributed by atoms with Gasteiger partial charge in [-0.3, -0.25) is 0 Å². The van der Waals surface area contributed by atoms with E-state index in [0.717, 1.165) is 0 Å². The second kappa shape index (κ2) is 5.21. The van der Waals surface area contributed by atoms with Gasteiger partial charge in [0.05, 0.1) is 4.34 Å².